The fraction of sp³-hybridized carbons (Fsp3) is 0.235. The van der Waals surface area contributed by atoms with Crippen LogP contribution in [0.15, 0.2) is 49.2 Å². The molecule has 0 aliphatic heterocycles. The number of anilines is 1. The fourth-order valence-electron chi connectivity index (χ4n) is 3.25. The fourth-order valence-corrected chi connectivity index (χ4v) is 3.25. The molecule has 0 bridgehead atoms. The highest BCUT2D eigenvalue weighted by Gasteiger charge is 2.26. The van der Waals surface area contributed by atoms with Crippen LogP contribution in [0, 0.1) is 0 Å². The highest BCUT2D eigenvalue weighted by Crippen LogP contribution is 2.26. The topological polar surface area (TPSA) is 85.5 Å². The lowest BCUT2D eigenvalue weighted by Gasteiger charge is -2.32. The maximum absolute atomic E-state index is 5.82. The van der Waals surface area contributed by atoms with E-state index < -0.39 is 0 Å². The lowest BCUT2D eigenvalue weighted by Crippen LogP contribution is -2.44. The highest BCUT2D eigenvalue weighted by molar-refractivity contribution is 5.80. The van der Waals surface area contributed by atoms with Crippen LogP contribution in [-0.2, 0) is 0 Å². The summed E-state index contributed by atoms with van der Waals surface area (Å²) in [5.41, 5.74) is 9.94. The first-order valence-corrected chi connectivity index (χ1v) is 8.06. The Kier molecular flexibility index (Phi) is 2.83. The molecule has 7 heteroatoms. The summed E-state index contributed by atoms with van der Waals surface area (Å²) in [6, 6.07) is 6.83. The van der Waals surface area contributed by atoms with Gasteiger partial charge in [-0.25, -0.2) is 14.5 Å². The molecule has 0 amide bonds. The number of rotatable bonds is 3. The minimum absolute atomic E-state index is 0.308. The number of imidazole rings is 1. The van der Waals surface area contributed by atoms with Crippen LogP contribution in [0.3, 0.4) is 0 Å². The average molecular weight is 319 g/mol. The zero-order valence-corrected chi connectivity index (χ0v) is 13.0. The van der Waals surface area contributed by atoms with Crippen LogP contribution in [0.2, 0.25) is 0 Å². The summed E-state index contributed by atoms with van der Waals surface area (Å²) in [7, 11) is 0. The van der Waals surface area contributed by atoms with E-state index in [1.807, 2.05) is 33.6 Å². The van der Waals surface area contributed by atoms with Gasteiger partial charge < -0.3 is 15.5 Å². The molecule has 24 heavy (non-hydrogen) atoms. The Bertz CT molecular complexity index is 1030. The quantitative estimate of drug-likeness (QED) is 0.603. The molecular formula is C17H17N7. The van der Waals surface area contributed by atoms with Crippen molar-refractivity contribution < 1.29 is 0 Å². The van der Waals surface area contributed by atoms with E-state index in [1.54, 1.807) is 6.20 Å². The van der Waals surface area contributed by atoms with Gasteiger partial charge in [-0.2, -0.15) is 0 Å². The predicted octanol–water partition coefficient (Wildman–Crippen LogP) is 1.95. The Morgan fingerprint density at radius 1 is 1.12 bits per heavy atom. The second-order valence-corrected chi connectivity index (χ2v) is 6.32. The van der Waals surface area contributed by atoms with Crippen molar-refractivity contribution in [3.8, 4) is 11.1 Å². The Labute approximate surface area is 138 Å². The molecule has 0 saturated heterocycles. The van der Waals surface area contributed by atoms with Gasteiger partial charge in [0, 0.05) is 48.0 Å². The third-order valence-corrected chi connectivity index (χ3v) is 4.62. The van der Waals surface area contributed by atoms with Gasteiger partial charge in [0.1, 0.15) is 5.65 Å². The predicted molar refractivity (Wildman–Crippen MR) is 91.8 cm³/mol. The van der Waals surface area contributed by atoms with Crippen molar-refractivity contribution in [2.24, 2.45) is 5.73 Å². The molecule has 0 atom stereocenters. The smallest absolute Gasteiger partial charge is 0.241 e. The van der Waals surface area contributed by atoms with Gasteiger partial charge in [-0.15, -0.1) is 5.10 Å². The molecule has 0 aromatic carbocycles. The van der Waals surface area contributed by atoms with Crippen molar-refractivity contribution in [1.82, 2.24) is 24.0 Å². The molecule has 0 unspecified atom stereocenters. The van der Waals surface area contributed by atoms with Gasteiger partial charge in [0.15, 0.2) is 0 Å². The van der Waals surface area contributed by atoms with E-state index in [4.69, 9.17) is 5.73 Å². The first kappa shape index (κ1) is 13.5. The third kappa shape index (κ3) is 2.13. The second-order valence-electron chi connectivity index (χ2n) is 6.32. The van der Waals surface area contributed by atoms with Gasteiger partial charge >= 0.3 is 0 Å². The van der Waals surface area contributed by atoms with Crippen molar-refractivity contribution in [2.45, 2.75) is 24.9 Å². The van der Waals surface area contributed by atoms with E-state index in [1.165, 1.54) is 0 Å². The average Bonchev–Trinajstić information content (AvgIpc) is 3.18. The molecule has 4 aromatic heterocycles. The molecule has 7 nitrogen and oxygen atoms in total. The van der Waals surface area contributed by atoms with E-state index >= 15 is 0 Å². The van der Waals surface area contributed by atoms with Crippen LogP contribution in [0.25, 0.3) is 22.3 Å². The lowest BCUT2D eigenvalue weighted by atomic mass is 9.88. The molecular weight excluding hydrogens is 302 g/mol. The van der Waals surface area contributed by atoms with Crippen LogP contribution in [0.1, 0.15) is 12.8 Å². The van der Waals surface area contributed by atoms with Crippen LogP contribution in [0.4, 0.5) is 5.95 Å². The summed E-state index contributed by atoms with van der Waals surface area (Å²) in [6.07, 6.45) is 11.6. The Hall–Kier alpha value is -2.93. The number of aromatic nitrogens is 5. The Morgan fingerprint density at radius 3 is 2.92 bits per heavy atom. The second kappa shape index (κ2) is 5.04. The number of hydrogen-bond acceptors (Lipinski definition) is 5. The van der Waals surface area contributed by atoms with Crippen molar-refractivity contribution in [3.63, 3.8) is 0 Å². The molecule has 5 rings (SSSR count). The van der Waals surface area contributed by atoms with Gasteiger partial charge in [-0.1, -0.05) is 0 Å². The number of pyridine rings is 1. The Morgan fingerprint density at radius 2 is 2.04 bits per heavy atom. The number of hydrogen-bond donors (Lipinski definition) is 2. The Balaban J connectivity index is 1.50. The van der Waals surface area contributed by atoms with Crippen LogP contribution in [0.5, 0.6) is 0 Å². The van der Waals surface area contributed by atoms with Crippen molar-refractivity contribution >= 4 is 17.1 Å². The third-order valence-electron chi connectivity index (χ3n) is 4.62. The molecule has 1 aliphatic rings. The maximum atomic E-state index is 5.82. The van der Waals surface area contributed by atoms with E-state index in [0.717, 1.165) is 35.1 Å². The lowest BCUT2D eigenvalue weighted by molar-refractivity contribution is 0.371. The van der Waals surface area contributed by atoms with Crippen LogP contribution >= 0.6 is 0 Å². The first-order valence-electron chi connectivity index (χ1n) is 8.06. The number of nitrogens with zero attached hydrogens (tertiary/aromatic N) is 5. The zero-order valence-electron chi connectivity index (χ0n) is 13.0. The monoisotopic (exact) mass is 319 g/mol. The zero-order chi connectivity index (χ0) is 16.1. The summed E-state index contributed by atoms with van der Waals surface area (Å²) >= 11 is 0. The van der Waals surface area contributed by atoms with E-state index in [2.05, 4.69) is 38.7 Å². The van der Waals surface area contributed by atoms with Crippen molar-refractivity contribution in [1.29, 1.82) is 0 Å². The normalized spacial score (nSPS) is 20.4. The number of nitrogens with one attached hydrogen (secondary N) is 1. The van der Waals surface area contributed by atoms with Gasteiger partial charge in [0.05, 0.1) is 11.7 Å². The summed E-state index contributed by atoms with van der Waals surface area (Å²) in [5.74, 6) is 0.645. The SMILES string of the molecule is N[C@H]1C[C@@H](Nc2ncc3c(-c4ccc5nccn5c4)ccn3n2)C1. The molecule has 4 aromatic rings. The van der Waals surface area contributed by atoms with E-state index in [0.29, 0.717) is 18.0 Å². The van der Waals surface area contributed by atoms with Gasteiger partial charge in [0.25, 0.3) is 0 Å². The largest absolute Gasteiger partial charge is 0.350 e. The van der Waals surface area contributed by atoms with Crippen LogP contribution in [-0.4, -0.2) is 36.1 Å². The number of nitrogens with two attached hydrogens (primary N) is 1. The number of fused-ring (bicyclic) bond motifs is 2. The minimum Gasteiger partial charge on any atom is -0.350 e. The maximum Gasteiger partial charge on any atom is 0.241 e. The highest BCUT2D eigenvalue weighted by atomic mass is 15.3. The molecule has 0 spiro atoms. The molecule has 0 radical (unpaired) electrons. The minimum atomic E-state index is 0.308. The van der Waals surface area contributed by atoms with E-state index in [-0.39, 0.29) is 0 Å². The first-order chi connectivity index (χ1) is 11.8. The van der Waals surface area contributed by atoms with Gasteiger partial charge in [-0.3, -0.25) is 0 Å². The summed E-state index contributed by atoms with van der Waals surface area (Å²) in [4.78, 5) is 8.74. The molecule has 1 aliphatic carbocycles. The molecule has 1 saturated carbocycles. The molecule has 3 N–H and O–H groups in total. The van der Waals surface area contributed by atoms with Gasteiger partial charge in [-0.05, 0) is 31.0 Å². The summed E-state index contributed by atoms with van der Waals surface area (Å²) in [6.45, 7) is 0. The summed E-state index contributed by atoms with van der Waals surface area (Å²) < 4.78 is 3.87. The van der Waals surface area contributed by atoms with Crippen molar-refractivity contribution in [2.75, 3.05) is 5.32 Å². The molecule has 4 heterocycles. The molecule has 1 fully saturated rings. The van der Waals surface area contributed by atoms with Gasteiger partial charge in [0.2, 0.25) is 5.95 Å². The molecule has 120 valence electrons. The standard InChI is InChI=1S/C17H17N7/c18-12-7-13(8-12)21-17-20-9-15-14(3-5-24(15)22-17)11-1-2-16-19-4-6-23(16)10-11/h1-6,9-10,12-13H,7-8,18H2,(H,21,22)/t12-,13+. The van der Waals surface area contributed by atoms with Crippen LogP contribution < -0.4 is 11.1 Å². The summed E-state index contributed by atoms with van der Waals surface area (Å²) in [5, 5.41) is 7.89. The van der Waals surface area contributed by atoms with Crippen molar-refractivity contribution in [3.05, 3.63) is 49.2 Å². The van der Waals surface area contributed by atoms with E-state index in [9.17, 15) is 0 Å².